The van der Waals surface area contributed by atoms with E-state index in [1.54, 1.807) is 5.57 Å². The zero-order valence-corrected chi connectivity index (χ0v) is 9.34. The molecule has 0 spiro atoms. The zero-order valence-electron chi connectivity index (χ0n) is 9.34. The van der Waals surface area contributed by atoms with Crippen molar-refractivity contribution in [3.05, 3.63) is 11.6 Å². The summed E-state index contributed by atoms with van der Waals surface area (Å²) in [7, 11) is 0. The van der Waals surface area contributed by atoms with Gasteiger partial charge in [-0.05, 0) is 57.3 Å². The number of hydrogen-bond donors (Lipinski definition) is 1. The molecule has 2 rings (SSSR count). The van der Waals surface area contributed by atoms with Gasteiger partial charge in [0.25, 0.3) is 0 Å². The Labute approximate surface area is 87.8 Å². The van der Waals surface area contributed by atoms with Crippen LogP contribution in [0.2, 0.25) is 0 Å². The highest BCUT2D eigenvalue weighted by atomic mass is 14.6. The first-order chi connectivity index (χ1) is 6.77. The summed E-state index contributed by atoms with van der Waals surface area (Å²) < 4.78 is 0. The first kappa shape index (κ1) is 10.2. The molecule has 80 valence electrons. The zero-order chi connectivity index (χ0) is 9.97. The summed E-state index contributed by atoms with van der Waals surface area (Å²) in [5.74, 6) is 1.76. The Morgan fingerprint density at radius 3 is 2.93 bits per heavy atom. The van der Waals surface area contributed by atoms with Crippen molar-refractivity contribution >= 4 is 0 Å². The maximum atomic E-state index is 5.92. The molecule has 1 fully saturated rings. The molecule has 3 unspecified atom stereocenters. The van der Waals surface area contributed by atoms with Gasteiger partial charge >= 0.3 is 0 Å². The minimum Gasteiger partial charge on any atom is -0.328 e. The molecule has 0 bridgehead atoms. The standard InChI is InChI=1S/C13H23N/c1-10(14)9-12-7-4-6-11-5-2-3-8-13(11)12/h8,10-12H,2-7,9,14H2,1H3. The molecule has 0 amide bonds. The first-order valence-electron chi connectivity index (χ1n) is 6.23. The average molecular weight is 193 g/mol. The van der Waals surface area contributed by atoms with Gasteiger partial charge in [0.2, 0.25) is 0 Å². The molecule has 2 aliphatic carbocycles. The van der Waals surface area contributed by atoms with E-state index in [9.17, 15) is 0 Å². The van der Waals surface area contributed by atoms with Gasteiger partial charge in [-0.2, -0.15) is 0 Å². The number of allylic oxidation sites excluding steroid dienone is 2. The Bertz CT molecular complexity index is 217. The van der Waals surface area contributed by atoms with Gasteiger partial charge in [-0.25, -0.2) is 0 Å². The van der Waals surface area contributed by atoms with Gasteiger partial charge in [-0.1, -0.05) is 18.1 Å². The van der Waals surface area contributed by atoms with Crippen molar-refractivity contribution in [1.82, 2.24) is 0 Å². The largest absolute Gasteiger partial charge is 0.328 e. The molecule has 0 aromatic carbocycles. The summed E-state index contributed by atoms with van der Waals surface area (Å²) in [4.78, 5) is 0. The number of nitrogens with two attached hydrogens (primary N) is 1. The van der Waals surface area contributed by atoms with E-state index in [1.165, 1.54) is 44.9 Å². The lowest BCUT2D eigenvalue weighted by atomic mass is 9.70. The molecule has 1 saturated carbocycles. The van der Waals surface area contributed by atoms with Crippen LogP contribution >= 0.6 is 0 Å². The van der Waals surface area contributed by atoms with E-state index in [2.05, 4.69) is 13.0 Å². The highest BCUT2D eigenvalue weighted by molar-refractivity contribution is 5.16. The predicted molar refractivity (Wildman–Crippen MR) is 61.0 cm³/mol. The molecule has 14 heavy (non-hydrogen) atoms. The molecule has 2 N–H and O–H groups in total. The average Bonchev–Trinajstić information content (AvgIpc) is 2.18. The van der Waals surface area contributed by atoms with E-state index in [0.717, 1.165) is 11.8 Å². The van der Waals surface area contributed by atoms with Crippen molar-refractivity contribution in [3.8, 4) is 0 Å². The number of hydrogen-bond acceptors (Lipinski definition) is 1. The van der Waals surface area contributed by atoms with Crippen LogP contribution < -0.4 is 5.73 Å². The van der Waals surface area contributed by atoms with E-state index in [0.29, 0.717) is 6.04 Å². The number of rotatable bonds is 2. The molecule has 1 nitrogen and oxygen atoms in total. The second-order valence-corrected chi connectivity index (χ2v) is 5.17. The fourth-order valence-corrected chi connectivity index (χ4v) is 3.26. The van der Waals surface area contributed by atoms with Gasteiger partial charge in [0.15, 0.2) is 0 Å². The van der Waals surface area contributed by atoms with Crippen LogP contribution in [-0.4, -0.2) is 6.04 Å². The van der Waals surface area contributed by atoms with Crippen molar-refractivity contribution in [3.63, 3.8) is 0 Å². The van der Waals surface area contributed by atoms with E-state index in [1.807, 2.05) is 0 Å². The Morgan fingerprint density at radius 2 is 2.14 bits per heavy atom. The summed E-state index contributed by atoms with van der Waals surface area (Å²) in [5, 5.41) is 0. The molecule has 1 heteroatoms. The molecule has 0 aromatic heterocycles. The Morgan fingerprint density at radius 1 is 1.36 bits per heavy atom. The lowest BCUT2D eigenvalue weighted by Gasteiger charge is -2.36. The van der Waals surface area contributed by atoms with E-state index < -0.39 is 0 Å². The summed E-state index contributed by atoms with van der Waals surface area (Å²) in [5.41, 5.74) is 7.70. The molecule has 0 heterocycles. The molecule has 0 aromatic rings. The van der Waals surface area contributed by atoms with Gasteiger partial charge in [-0.15, -0.1) is 0 Å². The highest BCUT2D eigenvalue weighted by Gasteiger charge is 2.28. The van der Waals surface area contributed by atoms with Gasteiger partial charge in [0.1, 0.15) is 0 Å². The fourth-order valence-electron chi connectivity index (χ4n) is 3.26. The van der Waals surface area contributed by atoms with Crippen LogP contribution in [0.15, 0.2) is 11.6 Å². The third-order valence-electron chi connectivity index (χ3n) is 3.84. The Kier molecular flexibility index (Phi) is 3.27. The van der Waals surface area contributed by atoms with Crippen molar-refractivity contribution in [1.29, 1.82) is 0 Å². The second-order valence-electron chi connectivity index (χ2n) is 5.17. The molecule has 0 aliphatic heterocycles. The van der Waals surface area contributed by atoms with Gasteiger partial charge in [0, 0.05) is 6.04 Å². The van der Waals surface area contributed by atoms with Crippen molar-refractivity contribution in [2.24, 2.45) is 17.6 Å². The second kappa shape index (κ2) is 4.48. The minimum absolute atomic E-state index is 0.376. The smallest absolute Gasteiger partial charge is 0.00161 e. The third kappa shape index (κ3) is 2.20. The fraction of sp³-hybridized carbons (Fsp3) is 0.846. The Hall–Kier alpha value is -0.300. The lowest BCUT2D eigenvalue weighted by molar-refractivity contribution is 0.312. The predicted octanol–water partition coefficient (Wildman–Crippen LogP) is 3.25. The van der Waals surface area contributed by atoms with Crippen LogP contribution in [0.1, 0.15) is 51.9 Å². The maximum Gasteiger partial charge on any atom is 0.00161 e. The van der Waals surface area contributed by atoms with Gasteiger partial charge < -0.3 is 5.73 Å². The van der Waals surface area contributed by atoms with Gasteiger partial charge in [0.05, 0.1) is 0 Å². The van der Waals surface area contributed by atoms with Crippen LogP contribution in [-0.2, 0) is 0 Å². The Balaban J connectivity index is 2.04. The van der Waals surface area contributed by atoms with Crippen LogP contribution in [0.3, 0.4) is 0 Å². The quantitative estimate of drug-likeness (QED) is 0.669. The van der Waals surface area contributed by atoms with Gasteiger partial charge in [-0.3, -0.25) is 0 Å². The highest BCUT2D eigenvalue weighted by Crippen LogP contribution is 2.41. The molecule has 2 aliphatic rings. The molecular weight excluding hydrogens is 170 g/mol. The third-order valence-corrected chi connectivity index (χ3v) is 3.84. The normalized spacial score (nSPS) is 34.6. The summed E-state index contributed by atoms with van der Waals surface area (Å²) in [6.07, 6.45) is 12.2. The van der Waals surface area contributed by atoms with Crippen LogP contribution in [0.25, 0.3) is 0 Å². The van der Waals surface area contributed by atoms with Crippen LogP contribution in [0.5, 0.6) is 0 Å². The van der Waals surface area contributed by atoms with Crippen LogP contribution in [0, 0.1) is 11.8 Å². The summed E-state index contributed by atoms with van der Waals surface area (Å²) in [6, 6.07) is 0.376. The molecule has 0 radical (unpaired) electrons. The van der Waals surface area contributed by atoms with E-state index >= 15 is 0 Å². The monoisotopic (exact) mass is 193 g/mol. The van der Waals surface area contributed by atoms with Crippen LogP contribution in [0.4, 0.5) is 0 Å². The molecular formula is C13H23N. The molecule has 3 atom stereocenters. The van der Waals surface area contributed by atoms with Crippen molar-refractivity contribution in [2.75, 3.05) is 0 Å². The summed E-state index contributed by atoms with van der Waals surface area (Å²) in [6.45, 7) is 2.15. The SMILES string of the molecule is CC(N)CC1CCCC2CCCC=C21. The molecule has 0 saturated heterocycles. The first-order valence-corrected chi connectivity index (χ1v) is 6.23. The summed E-state index contributed by atoms with van der Waals surface area (Å²) >= 11 is 0. The maximum absolute atomic E-state index is 5.92. The van der Waals surface area contributed by atoms with E-state index in [4.69, 9.17) is 5.73 Å². The van der Waals surface area contributed by atoms with E-state index in [-0.39, 0.29) is 0 Å². The minimum atomic E-state index is 0.376. The topological polar surface area (TPSA) is 26.0 Å². The van der Waals surface area contributed by atoms with Crippen molar-refractivity contribution < 1.29 is 0 Å². The number of fused-ring (bicyclic) bond motifs is 1. The lowest BCUT2D eigenvalue weighted by Crippen LogP contribution is -2.27. The van der Waals surface area contributed by atoms with Crippen molar-refractivity contribution in [2.45, 2.75) is 57.9 Å².